The molecule has 2 saturated heterocycles. The van der Waals surface area contributed by atoms with E-state index in [1.807, 2.05) is 0 Å². The summed E-state index contributed by atoms with van der Waals surface area (Å²) in [5.74, 6) is 0. The standard InChI is InChI=1S/C16H25N3O4S2.ClH/c17-13-14-6-5-11-19(14)25(22,23)16-8-4-7-15(12-16)24(20,21)18-9-2-1-3-10-18;/h4,7-8,12,14H,1-3,5-6,9-11,13,17H2;1H. The van der Waals surface area contributed by atoms with Gasteiger partial charge in [0.2, 0.25) is 20.0 Å². The maximum atomic E-state index is 12.9. The van der Waals surface area contributed by atoms with Crippen LogP contribution in [0, 0.1) is 0 Å². The van der Waals surface area contributed by atoms with Gasteiger partial charge in [-0.15, -0.1) is 12.4 Å². The van der Waals surface area contributed by atoms with Crippen LogP contribution in [0.3, 0.4) is 0 Å². The van der Waals surface area contributed by atoms with Crippen LogP contribution in [0.25, 0.3) is 0 Å². The summed E-state index contributed by atoms with van der Waals surface area (Å²) in [6.07, 6.45) is 4.20. The van der Waals surface area contributed by atoms with E-state index in [1.165, 1.54) is 32.9 Å². The molecule has 2 fully saturated rings. The van der Waals surface area contributed by atoms with Crippen molar-refractivity contribution in [3.63, 3.8) is 0 Å². The van der Waals surface area contributed by atoms with Crippen molar-refractivity contribution in [2.75, 3.05) is 26.2 Å². The molecule has 0 bridgehead atoms. The van der Waals surface area contributed by atoms with Crippen molar-refractivity contribution in [1.29, 1.82) is 0 Å². The van der Waals surface area contributed by atoms with Gasteiger partial charge in [0.15, 0.2) is 0 Å². The zero-order chi connectivity index (χ0) is 18.1. The van der Waals surface area contributed by atoms with Gasteiger partial charge < -0.3 is 5.73 Å². The van der Waals surface area contributed by atoms with E-state index in [0.29, 0.717) is 19.6 Å². The summed E-state index contributed by atoms with van der Waals surface area (Å²) in [7, 11) is -7.40. The van der Waals surface area contributed by atoms with E-state index in [-0.39, 0.29) is 34.8 Å². The molecule has 1 unspecified atom stereocenters. The lowest BCUT2D eigenvalue weighted by Gasteiger charge is -2.26. The zero-order valence-corrected chi connectivity index (χ0v) is 17.0. The van der Waals surface area contributed by atoms with E-state index in [2.05, 4.69) is 0 Å². The Labute approximate surface area is 162 Å². The molecule has 2 aliphatic heterocycles. The van der Waals surface area contributed by atoms with E-state index in [0.717, 1.165) is 32.1 Å². The van der Waals surface area contributed by atoms with Crippen LogP contribution in [0.5, 0.6) is 0 Å². The first-order valence-electron chi connectivity index (χ1n) is 8.69. The van der Waals surface area contributed by atoms with E-state index in [9.17, 15) is 16.8 Å². The fourth-order valence-electron chi connectivity index (χ4n) is 3.55. The fraction of sp³-hybridized carbons (Fsp3) is 0.625. The molecule has 0 spiro atoms. The van der Waals surface area contributed by atoms with Crippen molar-refractivity contribution >= 4 is 32.5 Å². The van der Waals surface area contributed by atoms with Crippen LogP contribution >= 0.6 is 12.4 Å². The van der Waals surface area contributed by atoms with Gasteiger partial charge in [-0.25, -0.2) is 16.8 Å². The highest BCUT2D eigenvalue weighted by Crippen LogP contribution is 2.28. The molecule has 2 heterocycles. The van der Waals surface area contributed by atoms with Crippen LogP contribution < -0.4 is 5.73 Å². The van der Waals surface area contributed by atoms with Crippen LogP contribution in [-0.4, -0.2) is 57.7 Å². The first-order valence-corrected chi connectivity index (χ1v) is 11.6. The van der Waals surface area contributed by atoms with Crippen molar-refractivity contribution in [3.8, 4) is 0 Å². The minimum absolute atomic E-state index is 0. The predicted octanol–water partition coefficient (Wildman–Crippen LogP) is 1.39. The number of piperidine rings is 1. The third-order valence-corrected chi connectivity index (χ3v) is 8.80. The molecule has 1 aromatic rings. The molecule has 0 amide bonds. The molecule has 2 aliphatic rings. The Morgan fingerprint density at radius 1 is 0.923 bits per heavy atom. The summed E-state index contributed by atoms with van der Waals surface area (Å²) in [5.41, 5.74) is 5.69. The van der Waals surface area contributed by atoms with Gasteiger partial charge in [-0.1, -0.05) is 12.5 Å². The Kier molecular flexibility index (Phi) is 7.09. The van der Waals surface area contributed by atoms with Crippen molar-refractivity contribution in [2.24, 2.45) is 5.73 Å². The number of hydrogen-bond donors (Lipinski definition) is 1. The molecule has 10 heteroatoms. The lowest BCUT2D eigenvalue weighted by Crippen LogP contribution is -2.40. The van der Waals surface area contributed by atoms with Crippen molar-refractivity contribution in [3.05, 3.63) is 24.3 Å². The summed E-state index contributed by atoms with van der Waals surface area (Å²) in [6.45, 7) is 1.67. The molecule has 0 aliphatic carbocycles. The summed E-state index contributed by atoms with van der Waals surface area (Å²) in [5, 5.41) is 0. The topological polar surface area (TPSA) is 101 Å². The minimum atomic E-state index is -3.74. The largest absolute Gasteiger partial charge is 0.329 e. The first kappa shape index (κ1) is 21.6. The molecule has 7 nitrogen and oxygen atoms in total. The van der Waals surface area contributed by atoms with Gasteiger partial charge in [-0.05, 0) is 43.9 Å². The number of hydrogen-bond acceptors (Lipinski definition) is 5. The van der Waals surface area contributed by atoms with Gasteiger partial charge in [0.25, 0.3) is 0 Å². The van der Waals surface area contributed by atoms with E-state index in [1.54, 1.807) is 0 Å². The summed E-state index contributed by atoms with van der Waals surface area (Å²) in [4.78, 5) is 0.0601. The predicted molar refractivity (Wildman–Crippen MR) is 102 cm³/mol. The highest BCUT2D eigenvalue weighted by Gasteiger charge is 2.35. The average molecular weight is 424 g/mol. The third kappa shape index (κ3) is 4.07. The SMILES string of the molecule is Cl.NCC1CCCN1S(=O)(=O)c1cccc(S(=O)(=O)N2CCCCC2)c1. The van der Waals surface area contributed by atoms with Gasteiger partial charge in [0, 0.05) is 32.2 Å². The van der Waals surface area contributed by atoms with Crippen molar-refractivity contribution in [1.82, 2.24) is 8.61 Å². The van der Waals surface area contributed by atoms with E-state index in [4.69, 9.17) is 5.73 Å². The van der Waals surface area contributed by atoms with Crippen LogP contribution in [0.15, 0.2) is 34.1 Å². The number of nitrogens with zero attached hydrogens (tertiary/aromatic N) is 2. The smallest absolute Gasteiger partial charge is 0.243 e. The molecule has 0 saturated carbocycles. The molecular weight excluding hydrogens is 398 g/mol. The number of sulfonamides is 2. The Bertz CT molecular complexity index is 824. The van der Waals surface area contributed by atoms with Crippen LogP contribution in [-0.2, 0) is 20.0 Å². The monoisotopic (exact) mass is 423 g/mol. The Hall–Kier alpha value is -0.710. The molecule has 0 radical (unpaired) electrons. The third-order valence-electron chi connectivity index (χ3n) is 4.96. The van der Waals surface area contributed by atoms with Crippen molar-refractivity contribution < 1.29 is 16.8 Å². The second-order valence-corrected chi connectivity index (χ2v) is 10.4. The highest BCUT2D eigenvalue weighted by molar-refractivity contribution is 7.90. The average Bonchev–Trinajstić information content (AvgIpc) is 3.12. The quantitative estimate of drug-likeness (QED) is 0.771. The fourth-order valence-corrected chi connectivity index (χ4v) is 6.93. The zero-order valence-electron chi connectivity index (χ0n) is 14.6. The molecule has 148 valence electrons. The summed E-state index contributed by atoms with van der Waals surface area (Å²) < 4.78 is 54.3. The van der Waals surface area contributed by atoms with Gasteiger partial charge in [0.1, 0.15) is 0 Å². The van der Waals surface area contributed by atoms with Gasteiger partial charge in [0.05, 0.1) is 9.79 Å². The van der Waals surface area contributed by atoms with Crippen molar-refractivity contribution in [2.45, 2.75) is 47.9 Å². The maximum absolute atomic E-state index is 12.9. The molecule has 2 N–H and O–H groups in total. The lowest BCUT2D eigenvalue weighted by atomic mass is 10.2. The highest BCUT2D eigenvalue weighted by atomic mass is 35.5. The van der Waals surface area contributed by atoms with Gasteiger partial charge >= 0.3 is 0 Å². The summed E-state index contributed by atoms with van der Waals surface area (Å²) in [6, 6.07) is 5.49. The van der Waals surface area contributed by atoms with Crippen LogP contribution in [0.1, 0.15) is 32.1 Å². The van der Waals surface area contributed by atoms with Gasteiger partial charge in [-0.3, -0.25) is 0 Å². The Morgan fingerprint density at radius 3 is 2.15 bits per heavy atom. The Balaban J connectivity index is 0.00000243. The number of benzene rings is 1. The number of nitrogens with two attached hydrogens (primary N) is 1. The minimum Gasteiger partial charge on any atom is -0.329 e. The second kappa shape index (κ2) is 8.53. The second-order valence-electron chi connectivity index (χ2n) is 6.59. The van der Waals surface area contributed by atoms with Crippen LogP contribution in [0.2, 0.25) is 0 Å². The molecule has 1 atom stereocenters. The first-order chi connectivity index (χ1) is 11.9. The molecule has 1 aromatic carbocycles. The van der Waals surface area contributed by atoms with Crippen LogP contribution in [0.4, 0.5) is 0 Å². The molecule has 26 heavy (non-hydrogen) atoms. The maximum Gasteiger partial charge on any atom is 0.243 e. The Morgan fingerprint density at radius 2 is 1.54 bits per heavy atom. The lowest BCUT2D eigenvalue weighted by molar-refractivity contribution is 0.346. The molecule has 3 rings (SSSR count). The van der Waals surface area contributed by atoms with E-state index < -0.39 is 20.0 Å². The molecular formula is C16H26ClN3O4S2. The number of rotatable bonds is 5. The summed E-state index contributed by atoms with van der Waals surface area (Å²) >= 11 is 0. The number of halogens is 1. The van der Waals surface area contributed by atoms with E-state index >= 15 is 0 Å². The molecule has 0 aromatic heterocycles. The van der Waals surface area contributed by atoms with Gasteiger partial charge in [-0.2, -0.15) is 8.61 Å². The normalized spacial score (nSPS) is 22.9.